The third kappa shape index (κ3) is 8.79. The Morgan fingerprint density at radius 2 is 1.71 bits per heavy atom. The second-order valence-electron chi connectivity index (χ2n) is 11.6. The molecule has 0 saturated carbocycles. The quantitative estimate of drug-likeness (QED) is 0.209. The Labute approximate surface area is 240 Å². The van der Waals surface area contributed by atoms with Crippen molar-refractivity contribution in [2.45, 2.75) is 79.0 Å². The van der Waals surface area contributed by atoms with Crippen LogP contribution in [0.3, 0.4) is 0 Å². The zero-order chi connectivity index (χ0) is 32.1. The van der Waals surface area contributed by atoms with Crippen LogP contribution in [0.2, 0.25) is 0 Å². The van der Waals surface area contributed by atoms with E-state index in [9.17, 15) is 24.1 Å². The molecule has 14 nitrogen and oxygen atoms in total. The zero-order valence-corrected chi connectivity index (χ0v) is 25.5. The molecule has 0 bridgehead atoms. The summed E-state index contributed by atoms with van der Waals surface area (Å²) in [7, 11) is -3.32. The smallest absolute Gasteiger partial charge is 0.437 e. The van der Waals surface area contributed by atoms with E-state index in [2.05, 4.69) is 4.98 Å². The first-order valence-corrected chi connectivity index (χ1v) is 14.2. The van der Waals surface area contributed by atoms with Crippen molar-refractivity contribution in [1.82, 2.24) is 9.55 Å². The number of hydrogen-bond donors (Lipinski definition) is 1. The highest BCUT2D eigenvalue weighted by Crippen LogP contribution is 2.52. The molecule has 234 valence electrons. The van der Waals surface area contributed by atoms with Crippen molar-refractivity contribution in [2.75, 3.05) is 39.2 Å². The van der Waals surface area contributed by atoms with Gasteiger partial charge >= 0.3 is 25.5 Å². The monoisotopic (exact) mass is 611 g/mol. The Balaban J connectivity index is 2.24. The standard InChI is InChI=1S/C25H41FN3O11P/c1-10-25(18(30)17(26)19(40-25)29-12-11-16(28(8)9)27-22(29)33)13-37-41(34,38-14-35-20(31)23(2,3)4)39-15-36-21(32)24(5,6)7/h11-12,17-19,30H,10,13-15H2,1-9H3/t17-,18+,19-,25-/m1/s1/i8T. The van der Waals surface area contributed by atoms with E-state index in [4.69, 9.17) is 29.2 Å². The lowest BCUT2D eigenvalue weighted by atomic mass is 9.94. The van der Waals surface area contributed by atoms with E-state index in [1.54, 1.807) is 48.6 Å². The number of rotatable bonds is 12. The average molecular weight is 612 g/mol. The second kappa shape index (κ2) is 13.3. The lowest BCUT2D eigenvalue weighted by Crippen LogP contribution is -2.45. The summed E-state index contributed by atoms with van der Waals surface area (Å²) in [6.45, 7) is 8.57. The molecule has 0 radical (unpaired) electrons. The van der Waals surface area contributed by atoms with Crippen molar-refractivity contribution in [3.05, 3.63) is 22.7 Å². The minimum atomic E-state index is -4.69. The maximum Gasteiger partial charge on any atom is 0.480 e. The molecule has 41 heavy (non-hydrogen) atoms. The topological polar surface area (TPSA) is 165 Å². The highest BCUT2D eigenvalue weighted by Gasteiger charge is 2.56. The minimum absolute atomic E-state index is 0.0784. The Morgan fingerprint density at radius 3 is 2.15 bits per heavy atom. The van der Waals surface area contributed by atoms with Gasteiger partial charge in [0.1, 0.15) is 17.5 Å². The van der Waals surface area contributed by atoms with E-state index in [0.29, 0.717) is 0 Å². The molecule has 1 fully saturated rings. The van der Waals surface area contributed by atoms with Crippen LogP contribution < -0.4 is 10.6 Å². The van der Waals surface area contributed by atoms with Crippen molar-refractivity contribution in [1.29, 1.82) is 0 Å². The van der Waals surface area contributed by atoms with E-state index in [-0.39, 0.29) is 19.3 Å². The van der Waals surface area contributed by atoms with Gasteiger partial charge in [-0.2, -0.15) is 4.98 Å². The number of nitrogens with zero attached hydrogens (tertiary/aromatic N) is 3. The SMILES string of the molecule is [3H]CN(C)c1ccn([C@@H]2O[C@](CC)(COP(=O)(OCOC(=O)C(C)(C)C)OCOC(=O)C(C)(C)C)[C@@H](O)[C@H]2F)c(=O)n1. The minimum Gasteiger partial charge on any atom is -0.437 e. The Bertz CT molecular complexity index is 1170. The average Bonchev–Trinajstić information content (AvgIpc) is 3.15. The summed E-state index contributed by atoms with van der Waals surface area (Å²) in [5, 5.41) is 10.8. The molecule has 1 aromatic rings. The first-order valence-electron chi connectivity index (χ1n) is 13.5. The van der Waals surface area contributed by atoms with Gasteiger partial charge in [-0.3, -0.25) is 18.7 Å². The maximum absolute atomic E-state index is 15.4. The normalized spacial score (nSPS) is 23.7. The number of hydrogen-bond acceptors (Lipinski definition) is 13. The van der Waals surface area contributed by atoms with Gasteiger partial charge in [-0.15, -0.1) is 0 Å². The number of esters is 2. The van der Waals surface area contributed by atoms with Gasteiger partial charge in [0.05, 0.1) is 17.4 Å². The number of carbonyl (C=O) groups excluding carboxylic acids is 2. The van der Waals surface area contributed by atoms with Gasteiger partial charge in [0.25, 0.3) is 0 Å². The fourth-order valence-electron chi connectivity index (χ4n) is 3.38. The van der Waals surface area contributed by atoms with Gasteiger partial charge in [0.15, 0.2) is 12.4 Å². The van der Waals surface area contributed by atoms with Crippen molar-refractivity contribution in [3.8, 4) is 0 Å². The molecule has 4 atom stereocenters. The number of aromatic nitrogens is 2. The molecule has 1 aromatic heterocycles. The molecule has 1 aliphatic heterocycles. The molecule has 0 amide bonds. The number of phosphoric acid groups is 1. The van der Waals surface area contributed by atoms with E-state index in [1.807, 2.05) is 0 Å². The fraction of sp³-hybridized carbons (Fsp3) is 0.760. The van der Waals surface area contributed by atoms with Crippen molar-refractivity contribution >= 4 is 25.6 Å². The summed E-state index contributed by atoms with van der Waals surface area (Å²) < 4.78 is 68.4. The Hall–Kier alpha value is -2.42. The zero-order valence-electron chi connectivity index (χ0n) is 25.6. The maximum atomic E-state index is 15.4. The summed E-state index contributed by atoms with van der Waals surface area (Å²) in [6, 6.07) is 1.38. The van der Waals surface area contributed by atoms with Crippen molar-refractivity contribution < 1.29 is 52.8 Å². The lowest BCUT2D eigenvalue weighted by molar-refractivity contribution is -0.165. The van der Waals surface area contributed by atoms with Gasteiger partial charge < -0.3 is 24.2 Å². The fourth-order valence-corrected chi connectivity index (χ4v) is 4.34. The number of aliphatic hydroxyl groups is 1. The predicted octanol–water partition coefficient (Wildman–Crippen LogP) is 2.94. The molecule has 0 aliphatic carbocycles. The van der Waals surface area contributed by atoms with Crippen LogP contribution in [-0.4, -0.2) is 78.7 Å². The van der Waals surface area contributed by atoms with Crippen LogP contribution in [-0.2, 0) is 41.9 Å². The molecule has 16 heteroatoms. The third-order valence-corrected chi connectivity index (χ3v) is 7.33. The van der Waals surface area contributed by atoms with Gasteiger partial charge in [0, 0.05) is 21.6 Å². The highest BCUT2D eigenvalue weighted by molar-refractivity contribution is 7.48. The van der Waals surface area contributed by atoms with Crippen LogP contribution in [0, 0.1) is 10.8 Å². The lowest BCUT2D eigenvalue weighted by Gasteiger charge is -2.31. The molecule has 2 heterocycles. The first-order chi connectivity index (χ1) is 19.3. The summed E-state index contributed by atoms with van der Waals surface area (Å²) in [6.07, 6.45) is -4.47. The van der Waals surface area contributed by atoms with Crippen LogP contribution in [0.1, 0.15) is 62.5 Å². The number of alkyl halides is 1. The summed E-state index contributed by atoms with van der Waals surface area (Å²) in [5.41, 5.74) is -4.54. The number of carbonyl (C=O) groups is 2. The van der Waals surface area contributed by atoms with Crippen LogP contribution in [0.15, 0.2) is 17.1 Å². The summed E-state index contributed by atoms with van der Waals surface area (Å²) in [5.74, 6) is -1.19. The summed E-state index contributed by atoms with van der Waals surface area (Å²) in [4.78, 5) is 42.0. The van der Waals surface area contributed by atoms with Crippen LogP contribution in [0.25, 0.3) is 0 Å². The van der Waals surface area contributed by atoms with Crippen LogP contribution in [0.4, 0.5) is 10.2 Å². The molecule has 2 rings (SSSR count). The molecule has 0 spiro atoms. The van der Waals surface area contributed by atoms with Gasteiger partial charge in [-0.25, -0.2) is 22.8 Å². The van der Waals surface area contributed by atoms with Crippen LogP contribution in [0.5, 0.6) is 0 Å². The van der Waals surface area contributed by atoms with Crippen molar-refractivity contribution in [3.63, 3.8) is 0 Å². The van der Waals surface area contributed by atoms with Gasteiger partial charge in [-0.05, 0) is 54.0 Å². The molecule has 1 saturated heterocycles. The van der Waals surface area contributed by atoms with Crippen LogP contribution >= 0.6 is 7.82 Å². The Kier molecular flexibility index (Phi) is 10.7. The number of aliphatic hydroxyl groups excluding tert-OH is 1. The van der Waals surface area contributed by atoms with Gasteiger partial charge in [-0.1, -0.05) is 6.92 Å². The predicted molar refractivity (Wildman–Crippen MR) is 143 cm³/mol. The van der Waals surface area contributed by atoms with E-state index in [0.717, 1.165) is 4.57 Å². The molecule has 0 aromatic carbocycles. The third-order valence-electron chi connectivity index (χ3n) is 6.04. The molecule has 1 aliphatic rings. The van der Waals surface area contributed by atoms with Crippen molar-refractivity contribution in [2.24, 2.45) is 10.8 Å². The molecule has 1 N–H and O–H groups in total. The molecular weight excluding hydrogens is 568 g/mol. The van der Waals surface area contributed by atoms with E-state index >= 15 is 4.39 Å². The first kappa shape index (κ1) is 33.1. The number of halogens is 1. The number of ether oxygens (including phenoxy) is 3. The molecule has 0 unspecified atom stereocenters. The van der Waals surface area contributed by atoms with Gasteiger partial charge in [0.2, 0.25) is 13.6 Å². The second-order valence-corrected chi connectivity index (χ2v) is 13.2. The van der Waals surface area contributed by atoms with E-state index < -0.39 is 80.6 Å². The van der Waals surface area contributed by atoms with E-state index in [1.165, 1.54) is 24.1 Å². The highest BCUT2D eigenvalue weighted by atomic mass is 31.2. The number of anilines is 1. The Morgan fingerprint density at radius 1 is 1.17 bits per heavy atom. The summed E-state index contributed by atoms with van der Waals surface area (Å²) >= 11 is 0. The largest absolute Gasteiger partial charge is 0.480 e. The molecular formula is C25H41FN3O11P. The number of phosphoric ester groups is 1.